The van der Waals surface area contributed by atoms with Crippen LogP contribution in [0.2, 0.25) is 0 Å². The summed E-state index contributed by atoms with van der Waals surface area (Å²) in [4.78, 5) is 25.4. The summed E-state index contributed by atoms with van der Waals surface area (Å²) >= 11 is 0. The van der Waals surface area contributed by atoms with E-state index in [-0.39, 0.29) is 18.2 Å². The number of nitrogens with one attached hydrogen (secondary N) is 1. The van der Waals surface area contributed by atoms with Gasteiger partial charge in [0.15, 0.2) is 0 Å². The van der Waals surface area contributed by atoms with Crippen LogP contribution in [-0.4, -0.2) is 38.6 Å². The fraction of sp³-hybridized carbons (Fsp3) is 0.467. The smallest absolute Gasteiger partial charge is 0.236 e. The van der Waals surface area contributed by atoms with Crippen molar-refractivity contribution in [1.29, 1.82) is 0 Å². The van der Waals surface area contributed by atoms with Crippen LogP contribution in [0, 0.1) is 6.92 Å². The molecule has 1 aromatic rings. The number of aryl methyl sites for hydroxylation is 1. The van der Waals surface area contributed by atoms with E-state index >= 15 is 0 Å². The maximum Gasteiger partial charge on any atom is 0.236 e. The number of rotatable bonds is 7. The van der Waals surface area contributed by atoms with Gasteiger partial charge in [-0.3, -0.25) is 9.59 Å². The lowest BCUT2D eigenvalue weighted by molar-refractivity contribution is -0.128. The molecule has 0 atom stereocenters. The van der Waals surface area contributed by atoms with Crippen LogP contribution in [0.5, 0.6) is 0 Å². The molecular formula is C15H22N2O3. The normalized spacial score (nSPS) is 10.2. The summed E-state index contributed by atoms with van der Waals surface area (Å²) in [6.45, 7) is 5.25. The molecule has 1 aromatic carbocycles. The Morgan fingerprint density at radius 3 is 2.70 bits per heavy atom. The molecule has 1 N–H and O–H groups in total. The standard InChI is InChI=1S/C15H22N2O3/c1-4-17(13-7-5-6-12(2)10-13)15(19)11-14(18)16-8-9-20-3/h5-7,10H,4,8-9,11H2,1-3H3,(H,16,18). The van der Waals surface area contributed by atoms with E-state index in [4.69, 9.17) is 4.74 Å². The molecule has 2 amide bonds. The Hall–Kier alpha value is -1.88. The molecule has 0 saturated carbocycles. The van der Waals surface area contributed by atoms with Gasteiger partial charge < -0.3 is 15.0 Å². The first kappa shape index (κ1) is 16.2. The van der Waals surface area contributed by atoms with Crippen molar-refractivity contribution in [1.82, 2.24) is 5.32 Å². The maximum absolute atomic E-state index is 12.2. The lowest BCUT2D eigenvalue weighted by Crippen LogP contribution is -2.36. The Kier molecular flexibility index (Phi) is 6.73. The molecule has 0 radical (unpaired) electrons. The van der Waals surface area contributed by atoms with E-state index in [9.17, 15) is 9.59 Å². The average molecular weight is 278 g/mol. The zero-order valence-corrected chi connectivity index (χ0v) is 12.3. The molecule has 5 heteroatoms. The Morgan fingerprint density at radius 2 is 2.10 bits per heavy atom. The number of anilines is 1. The predicted octanol–water partition coefficient (Wildman–Crippen LogP) is 1.50. The molecule has 0 aliphatic carbocycles. The highest BCUT2D eigenvalue weighted by molar-refractivity contribution is 6.04. The lowest BCUT2D eigenvalue weighted by Gasteiger charge is -2.21. The summed E-state index contributed by atoms with van der Waals surface area (Å²) in [7, 11) is 1.56. The quantitative estimate of drug-likeness (QED) is 0.607. The summed E-state index contributed by atoms with van der Waals surface area (Å²) in [6, 6.07) is 7.68. The van der Waals surface area contributed by atoms with E-state index in [1.54, 1.807) is 12.0 Å². The lowest BCUT2D eigenvalue weighted by atomic mass is 10.2. The van der Waals surface area contributed by atoms with Crippen molar-refractivity contribution in [3.8, 4) is 0 Å². The number of methoxy groups -OCH3 is 1. The van der Waals surface area contributed by atoms with Gasteiger partial charge in [-0.25, -0.2) is 0 Å². The first-order chi connectivity index (χ1) is 9.58. The minimum absolute atomic E-state index is 0.147. The first-order valence-corrected chi connectivity index (χ1v) is 6.71. The minimum Gasteiger partial charge on any atom is -0.383 e. The monoisotopic (exact) mass is 278 g/mol. The summed E-state index contributed by atoms with van der Waals surface area (Å²) in [6.07, 6.45) is -0.147. The molecule has 1 rings (SSSR count). The molecule has 0 bridgehead atoms. The minimum atomic E-state index is -0.279. The number of benzene rings is 1. The summed E-state index contributed by atoms with van der Waals surface area (Å²) in [5.74, 6) is -0.480. The van der Waals surface area contributed by atoms with Crippen molar-refractivity contribution in [2.24, 2.45) is 0 Å². The van der Waals surface area contributed by atoms with Crippen molar-refractivity contribution in [2.75, 3.05) is 31.7 Å². The van der Waals surface area contributed by atoms with Crippen LogP contribution in [0.25, 0.3) is 0 Å². The Morgan fingerprint density at radius 1 is 1.35 bits per heavy atom. The largest absolute Gasteiger partial charge is 0.383 e. The van der Waals surface area contributed by atoms with Gasteiger partial charge in [-0.2, -0.15) is 0 Å². The number of carbonyl (C=O) groups is 2. The highest BCUT2D eigenvalue weighted by Gasteiger charge is 2.17. The van der Waals surface area contributed by atoms with Crippen molar-refractivity contribution in [3.63, 3.8) is 0 Å². The SMILES string of the molecule is CCN(C(=O)CC(=O)NCCOC)c1cccc(C)c1. The second-order valence-corrected chi connectivity index (χ2v) is 4.50. The molecule has 0 aliphatic heterocycles. The van der Waals surface area contributed by atoms with Crippen LogP contribution in [0.4, 0.5) is 5.69 Å². The van der Waals surface area contributed by atoms with Crippen LogP contribution >= 0.6 is 0 Å². The van der Waals surface area contributed by atoms with Gasteiger partial charge in [0.1, 0.15) is 6.42 Å². The molecule has 110 valence electrons. The molecule has 0 aliphatic rings. The summed E-state index contributed by atoms with van der Waals surface area (Å²) in [5.41, 5.74) is 1.90. The van der Waals surface area contributed by atoms with Crippen LogP contribution in [0.3, 0.4) is 0 Å². The van der Waals surface area contributed by atoms with Crippen molar-refractivity contribution < 1.29 is 14.3 Å². The molecule has 0 unspecified atom stereocenters. The molecular weight excluding hydrogens is 256 g/mol. The highest BCUT2D eigenvalue weighted by atomic mass is 16.5. The van der Waals surface area contributed by atoms with E-state index in [0.29, 0.717) is 19.7 Å². The summed E-state index contributed by atoms with van der Waals surface area (Å²) < 4.78 is 4.84. The van der Waals surface area contributed by atoms with Crippen molar-refractivity contribution in [2.45, 2.75) is 20.3 Å². The molecule has 0 saturated heterocycles. The third kappa shape index (κ3) is 5.01. The second kappa shape index (κ2) is 8.32. The zero-order valence-electron chi connectivity index (χ0n) is 12.3. The van der Waals surface area contributed by atoms with Gasteiger partial charge in [0.05, 0.1) is 6.61 Å². The van der Waals surface area contributed by atoms with Gasteiger partial charge in [-0.15, -0.1) is 0 Å². The van der Waals surface area contributed by atoms with Crippen LogP contribution < -0.4 is 10.2 Å². The number of nitrogens with zero attached hydrogens (tertiary/aromatic N) is 1. The van der Waals surface area contributed by atoms with E-state index in [2.05, 4.69) is 5.32 Å². The number of hydrogen-bond acceptors (Lipinski definition) is 3. The molecule has 5 nitrogen and oxygen atoms in total. The number of ether oxygens (including phenoxy) is 1. The van der Waals surface area contributed by atoms with Crippen molar-refractivity contribution >= 4 is 17.5 Å². The topological polar surface area (TPSA) is 58.6 Å². The van der Waals surface area contributed by atoms with Crippen LogP contribution in [0.1, 0.15) is 18.9 Å². The first-order valence-electron chi connectivity index (χ1n) is 6.71. The zero-order chi connectivity index (χ0) is 15.0. The molecule has 0 fully saturated rings. The molecule has 0 aromatic heterocycles. The fourth-order valence-electron chi connectivity index (χ4n) is 1.89. The Labute approximate surface area is 119 Å². The third-order valence-corrected chi connectivity index (χ3v) is 2.87. The molecule has 0 spiro atoms. The molecule has 20 heavy (non-hydrogen) atoms. The maximum atomic E-state index is 12.2. The van der Waals surface area contributed by atoms with E-state index in [0.717, 1.165) is 11.3 Å². The number of amides is 2. The number of carbonyl (C=O) groups excluding carboxylic acids is 2. The van der Waals surface area contributed by atoms with E-state index in [1.165, 1.54) is 0 Å². The van der Waals surface area contributed by atoms with Crippen LogP contribution in [-0.2, 0) is 14.3 Å². The Bertz CT molecular complexity index is 460. The van der Waals surface area contributed by atoms with Gasteiger partial charge in [0, 0.05) is 25.9 Å². The van der Waals surface area contributed by atoms with Gasteiger partial charge in [0.25, 0.3) is 0 Å². The fourth-order valence-corrected chi connectivity index (χ4v) is 1.89. The van der Waals surface area contributed by atoms with Gasteiger partial charge >= 0.3 is 0 Å². The van der Waals surface area contributed by atoms with Crippen LogP contribution in [0.15, 0.2) is 24.3 Å². The summed E-state index contributed by atoms with van der Waals surface area (Å²) in [5, 5.41) is 2.64. The van der Waals surface area contributed by atoms with Gasteiger partial charge in [-0.1, -0.05) is 12.1 Å². The van der Waals surface area contributed by atoms with Gasteiger partial charge in [-0.05, 0) is 31.5 Å². The second-order valence-electron chi connectivity index (χ2n) is 4.50. The average Bonchev–Trinajstić information content (AvgIpc) is 2.40. The highest BCUT2D eigenvalue weighted by Crippen LogP contribution is 2.16. The molecule has 0 heterocycles. The third-order valence-electron chi connectivity index (χ3n) is 2.87. The van der Waals surface area contributed by atoms with E-state index < -0.39 is 0 Å². The van der Waals surface area contributed by atoms with Crippen molar-refractivity contribution in [3.05, 3.63) is 29.8 Å². The number of hydrogen-bond donors (Lipinski definition) is 1. The van der Waals surface area contributed by atoms with Gasteiger partial charge in [0.2, 0.25) is 11.8 Å². The Balaban J connectivity index is 2.61. The predicted molar refractivity (Wildman–Crippen MR) is 78.7 cm³/mol. The van der Waals surface area contributed by atoms with E-state index in [1.807, 2.05) is 38.1 Å².